The van der Waals surface area contributed by atoms with E-state index in [9.17, 15) is 0 Å². The smallest absolute Gasteiger partial charge is 0.0541 e. The second kappa shape index (κ2) is 6.74. The van der Waals surface area contributed by atoms with Crippen LogP contribution >= 0.6 is 23.2 Å². The Morgan fingerprint density at radius 1 is 1.00 bits per heavy atom. The zero-order chi connectivity index (χ0) is 12.8. The first-order valence-corrected chi connectivity index (χ1v) is 6.56. The van der Waals surface area contributed by atoms with Crippen molar-refractivity contribution in [2.75, 3.05) is 6.54 Å². The van der Waals surface area contributed by atoms with Crippen molar-refractivity contribution in [2.24, 2.45) is 0 Å². The van der Waals surface area contributed by atoms with Crippen LogP contribution in [0.4, 0.5) is 0 Å². The van der Waals surface area contributed by atoms with E-state index < -0.39 is 0 Å². The molecule has 0 spiro atoms. The summed E-state index contributed by atoms with van der Waals surface area (Å²) >= 11 is 12.2. The number of pyridine rings is 1. The molecule has 0 saturated carbocycles. The van der Waals surface area contributed by atoms with Gasteiger partial charge in [-0.25, -0.2) is 0 Å². The minimum absolute atomic E-state index is 0.724. The van der Waals surface area contributed by atoms with Crippen molar-refractivity contribution in [3.05, 3.63) is 63.9 Å². The van der Waals surface area contributed by atoms with Gasteiger partial charge in [-0.1, -0.05) is 35.3 Å². The van der Waals surface area contributed by atoms with Crippen LogP contribution in [0.15, 0.2) is 42.6 Å². The quantitative estimate of drug-likeness (QED) is 0.845. The van der Waals surface area contributed by atoms with Gasteiger partial charge in [-0.2, -0.15) is 0 Å². The van der Waals surface area contributed by atoms with E-state index in [4.69, 9.17) is 23.2 Å². The highest BCUT2D eigenvalue weighted by molar-refractivity contribution is 6.35. The number of nitrogens with zero attached hydrogens (tertiary/aromatic N) is 1. The lowest BCUT2D eigenvalue weighted by Crippen LogP contribution is -2.17. The Labute approximate surface area is 117 Å². The van der Waals surface area contributed by atoms with E-state index in [0.29, 0.717) is 0 Å². The topological polar surface area (TPSA) is 24.9 Å². The predicted molar refractivity (Wildman–Crippen MR) is 76.1 cm³/mol. The Morgan fingerprint density at radius 2 is 1.78 bits per heavy atom. The average molecular weight is 281 g/mol. The van der Waals surface area contributed by atoms with Gasteiger partial charge in [-0.05, 0) is 42.8 Å². The Morgan fingerprint density at radius 3 is 2.44 bits per heavy atom. The molecule has 0 aliphatic carbocycles. The fourth-order valence-corrected chi connectivity index (χ4v) is 2.29. The van der Waals surface area contributed by atoms with E-state index in [1.807, 2.05) is 36.4 Å². The standard InChI is InChI=1S/C14H14Cl2N2/c15-13-5-3-6-14(16)12(13)7-9-17-10-11-4-1-2-8-18-11/h1-6,8,17H,7,9-10H2. The summed E-state index contributed by atoms with van der Waals surface area (Å²) in [6, 6.07) is 11.5. The molecule has 4 heteroatoms. The van der Waals surface area contributed by atoms with E-state index in [1.165, 1.54) is 0 Å². The molecule has 0 bridgehead atoms. The van der Waals surface area contributed by atoms with Gasteiger partial charge >= 0.3 is 0 Å². The van der Waals surface area contributed by atoms with Crippen LogP contribution in [0.25, 0.3) is 0 Å². The molecule has 2 rings (SSSR count). The summed E-state index contributed by atoms with van der Waals surface area (Å²) in [6.45, 7) is 1.57. The van der Waals surface area contributed by atoms with Crippen LogP contribution < -0.4 is 5.32 Å². The highest BCUT2D eigenvalue weighted by Gasteiger charge is 2.04. The van der Waals surface area contributed by atoms with E-state index in [-0.39, 0.29) is 0 Å². The van der Waals surface area contributed by atoms with Crippen molar-refractivity contribution < 1.29 is 0 Å². The number of hydrogen-bond acceptors (Lipinski definition) is 2. The molecule has 0 amide bonds. The first-order valence-electron chi connectivity index (χ1n) is 5.81. The SMILES string of the molecule is Clc1cccc(Cl)c1CCNCc1ccccn1. The van der Waals surface area contributed by atoms with Gasteiger partial charge in [0.15, 0.2) is 0 Å². The van der Waals surface area contributed by atoms with Crippen LogP contribution in [0.2, 0.25) is 10.0 Å². The lowest BCUT2D eigenvalue weighted by molar-refractivity contribution is 0.675. The Hall–Kier alpha value is -1.09. The molecule has 0 aliphatic rings. The second-order valence-corrected chi connectivity index (χ2v) is 4.76. The summed E-state index contributed by atoms with van der Waals surface area (Å²) in [4.78, 5) is 4.24. The zero-order valence-corrected chi connectivity index (χ0v) is 11.4. The zero-order valence-electron chi connectivity index (χ0n) is 9.87. The summed E-state index contributed by atoms with van der Waals surface area (Å²) < 4.78 is 0. The van der Waals surface area contributed by atoms with Gasteiger partial charge in [0, 0.05) is 22.8 Å². The molecule has 2 nitrogen and oxygen atoms in total. The molecule has 1 aromatic carbocycles. The minimum atomic E-state index is 0.724. The first-order chi connectivity index (χ1) is 8.77. The summed E-state index contributed by atoms with van der Waals surface area (Å²) in [7, 11) is 0. The molecule has 1 aromatic heterocycles. The third-order valence-electron chi connectivity index (χ3n) is 2.65. The van der Waals surface area contributed by atoms with Gasteiger partial charge in [0.05, 0.1) is 5.69 Å². The lowest BCUT2D eigenvalue weighted by Gasteiger charge is -2.07. The van der Waals surface area contributed by atoms with Crippen LogP contribution in [-0.2, 0) is 13.0 Å². The first kappa shape index (κ1) is 13.3. The van der Waals surface area contributed by atoms with E-state index in [0.717, 1.165) is 40.8 Å². The number of benzene rings is 1. The number of nitrogens with one attached hydrogen (secondary N) is 1. The number of halogens is 2. The molecule has 0 radical (unpaired) electrons. The fourth-order valence-electron chi connectivity index (χ4n) is 1.70. The summed E-state index contributed by atoms with van der Waals surface area (Å²) in [6.07, 6.45) is 2.60. The monoisotopic (exact) mass is 280 g/mol. The Bertz CT molecular complexity index is 480. The predicted octanol–water partition coefficient (Wildman–Crippen LogP) is 3.72. The largest absolute Gasteiger partial charge is 0.311 e. The molecule has 0 unspecified atom stereocenters. The maximum Gasteiger partial charge on any atom is 0.0541 e. The second-order valence-electron chi connectivity index (χ2n) is 3.95. The molecule has 0 atom stereocenters. The van der Waals surface area contributed by atoms with Crippen molar-refractivity contribution in [3.8, 4) is 0 Å². The third-order valence-corrected chi connectivity index (χ3v) is 3.35. The molecular weight excluding hydrogens is 267 g/mol. The third kappa shape index (κ3) is 3.70. The average Bonchev–Trinajstić information content (AvgIpc) is 2.38. The molecule has 1 heterocycles. The number of rotatable bonds is 5. The number of hydrogen-bond donors (Lipinski definition) is 1. The summed E-state index contributed by atoms with van der Waals surface area (Å²) in [5.41, 5.74) is 2.03. The van der Waals surface area contributed by atoms with Crippen LogP contribution in [0.5, 0.6) is 0 Å². The number of aromatic nitrogens is 1. The van der Waals surface area contributed by atoms with Crippen LogP contribution in [-0.4, -0.2) is 11.5 Å². The normalized spacial score (nSPS) is 10.6. The van der Waals surface area contributed by atoms with Gasteiger partial charge in [0.1, 0.15) is 0 Å². The molecule has 0 aliphatic heterocycles. The fraction of sp³-hybridized carbons (Fsp3) is 0.214. The minimum Gasteiger partial charge on any atom is -0.311 e. The maximum absolute atomic E-state index is 6.10. The van der Waals surface area contributed by atoms with E-state index in [1.54, 1.807) is 6.20 Å². The highest BCUT2D eigenvalue weighted by Crippen LogP contribution is 2.24. The van der Waals surface area contributed by atoms with E-state index >= 15 is 0 Å². The van der Waals surface area contributed by atoms with Gasteiger partial charge < -0.3 is 5.32 Å². The molecule has 1 N–H and O–H groups in total. The molecule has 94 valence electrons. The van der Waals surface area contributed by atoms with Crippen molar-refractivity contribution >= 4 is 23.2 Å². The lowest BCUT2D eigenvalue weighted by atomic mass is 10.1. The maximum atomic E-state index is 6.10. The van der Waals surface area contributed by atoms with Gasteiger partial charge in [0.25, 0.3) is 0 Å². The Kier molecular flexibility index (Phi) is 5.00. The van der Waals surface area contributed by atoms with Crippen LogP contribution in [0.3, 0.4) is 0 Å². The van der Waals surface area contributed by atoms with Crippen molar-refractivity contribution in [2.45, 2.75) is 13.0 Å². The van der Waals surface area contributed by atoms with Gasteiger partial charge in [0.2, 0.25) is 0 Å². The van der Waals surface area contributed by atoms with Crippen molar-refractivity contribution in [3.63, 3.8) is 0 Å². The van der Waals surface area contributed by atoms with Crippen molar-refractivity contribution in [1.82, 2.24) is 10.3 Å². The van der Waals surface area contributed by atoms with Crippen LogP contribution in [0.1, 0.15) is 11.3 Å². The van der Waals surface area contributed by atoms with Gasteiger partial charge in [-0.3, -0.25) is 4.98 Å². The summed E-state index contributed by atoms with van der Waals surface area (Å²) in [5.74, 6) is 0. The van der Waals surface area contributed by atoms with Crippen molar-refractivity contribution in [1.29, 1.82) is 0 Å². The van der Waals surface area contributed by atoms with Crippen LogP contribution in [0, 0.1) is 0 Å². The summed E-state index contributed by atoms with van der Waals surface area (Å²) in [5, 5.41) is 4.77. The van der Waals surface area contributed by atoms with E-state index in [2.05, 4.69) is 10.3 Å². The molecule has 2 aromatic rings. The highest BCUT2D eigenvalue weighted by atomic mass is 35.5. The molecule has 0 fully saturated rings. The molecule has 18 heavy (non-hydrogen) atoms. The Balaban J connectivity index is 1.82. The molecule has 0 saturated heterocycles. The molecular formula is C14H14Cl2N2. The van der Waals surface area contributed by atoms with Gasteiger partial charge in [-0.15, -0.1) is 0 Å².